The van der Waals surface area contributed by atoms with Crippen LogP contribution in [0, 0.1) is 0 Å². The number of benzene rings is 2. The number of anilines is 1. The molecule has 3 N–H and O–H groups in total. The van der Waals surface area contributed by atoms with Crippen LogP contribution in [0.3, 0.4) is 0 Å². The molecule has 2 aromatic carbocycles. The maximum atomic E-state index is 13.8. The third-order valence-corrected chi connectivity index (χ3v) is 9.09. The molecule has 1 fully saturated rings. The number of hydrogen-bond donors (Lipinski definition) is 2. The van der Waals surface area contributed by atoms with Crippen LogP contribution in [0.15, 0.2) is 77.3 Å². The summed E-state index contributed by atoms with van der Waals surface area (Å²) in [6.45, 7) is 0. The number of nitrogens with two attached hydrogens (primary N) is 1. The lowest BCUT2D eigenvalue weighted by Gasteiger charge is -2.49. The number of aromatic nitrogens is 1. The molecule has 248 valence electrons. The molecule has 0 bridgehead atoms. The first-order chi connectivity index (χ1) is 22.2. The number of ether oxygens (including phenoxy) is 1. The van der Waals surface area contributed by atoms with Crippen molar-refractivity contribution in [3.8, 4) is 0 Å². The van der Waals surface area contributed by atoms with Gasteiger partial charge in [0, 0.05) is 6.42 Å². The Kier molecular flexibility index (Phi) is 9.46. The first-order valence-corrected chi connectivity index (χ1v) is 16.1. The maximum Gasteiger partial charge on any atom is 0.534 e. The summed E-state index contributed by atoms with van der Waals surface area (Å²) in [6.07, 6.45) is -1.87. The molecule has 0 radical (unpaired) electrons. The van der Waals surface area contributed by atoms with Gasteiger partial charge in [0.1, 0.15) is 23.2 Å². The van der Waals surface area contributed by atoms with E-state index in [4.69, 9.17) is 26.9 Å². The van der Waals surface area contributed by atoms with Crippen molar-refractivity contribution in [3.63, 3.8) is 0 Å². The lowest BCUT2D eigenvalue weighted by Crippen LogP contribution is -2.72. The normalized spacial score (nSPS) is 18.4. The number of halogens is 4. The molecule has 47 heavy (non-hydrogen) atoms. The number of oxime groups is 1. The third-order valence-electron chi connectivity index (χ3n) is 7.02. The summed E-state index contributed by atoms with van der Waals surface area (Å²) in [5.41, 5.74) is -0.667. The highest BCUT2D eigenvalue weighted by atomic mass is 35.5. The second kappa shape index (κ2) is 13.2. The van der Waals surface area contributed by atoms with Crippen molar-refractivity contribution >= 4 is 61.7 Å². The molecule has 2 unspecified atom stereocenters. The van der Waals surface area contributed by atoms with Crippen molar-refractivity contribution in [2.24, 2.45) is 5.16 Å². The number of rotatable bonds is 10. The van der Waals surface area contributed by atoms with E-state index in [1.165, 1.54) is 0 Å². The molecule has 5 rings (SSSR count). The summed E-state index contributed by atoms with van der Waals surface area (Å²) in [7, 11) is -5.10. The van der Waals surface area contributed by atoms with Crippen LogP contribution in [-0.2, 0) is 38.3 Å². The third kappa shape index (κ3) is 6.75. The van der Waals surface area contributed by atoms with E-state index in [1.807, 2.05) is 0 Å². The summed E-state index contributed by atoms with van der Waals surface area (Å²) >= 11 is 6.96. The molecule has 13 nitrogen and oxygen atoms in total. The first-order valence-electron chi connectivity index (χ1n) is 13.5. The van der Waals surface area contributed by atoms with Crippen LogP contribution in [-0.4, -0.2) is 66.5 Å². The maximum absolute atomic E-state index is 13.8. The van der Waals surface area contributed by atoms with E-state index >= 15 is 0 Å². The number of nitrogens with zero attached hydrogens (tertiary/aromatic N) is 3. The van der Waals surface area contributed by atoms with E-state index in [0.717, 1.165) is 23.3 Å². The Hall–Kier alpha value is -4.68. The number of alkyl halides is 3. The Morgan fingerprint density at radius 3 is 2.23 bits per heavy atom. The fourth-order valence-corrected chi connectivity index (χ4v) is 6.43. The molecule has 1 saturated heterocycles. The predicted octanol–water partition coefficient (Wildman–Crippen LogP) is 3.63. The highest BCUT2D eigenvalue weighted by molar-refractivity contribution is 7.87. The van der Waals surface area contributed by atoms with E-state index in [0.29, 0.717) is 11.1 Å². The van der Waals surface area contributed by atoms with Gasteiger partial charge in [0.25, 0.3) is 11.8 Å². The van der Waals surface area contributed by atoms with Crippen LogP contribution in [0.4, 0.5) is 18.3 Å². The van der Waals surface area contributed by atoms with Gasteiger partial charge in [-0.2, -0.15) is 21.6 Å². The molecule has 3 heterocycles. The lowest BCUT2D eigenvalue weighted by molar-refractivity contribution is -0.159. The minimum atomic E-state index is -6.25. The number of β-lactam (4-membered cyclic amide) rings is 1. The number of fused-ring (bicyclic) bond motifs is 1. The van der Waals surface area contributed by atoms with Gasteiger partial charge >= 0.3 is 21.6 Å². The zero-order chi connectivity index (χ0) is 34.1. The number of thiazole rings is 1. The van der Waals surface area contributed by atoms with Crippen LogP contribution >= 0.6 is 22.9 Å². The summed E-state index contributed by atoms with van der Waals surface area (Å²) in [5, 5.41) is 6.07. The zero-order valence-corrected chi connectivity index (χ0v) is 26.3. The van der Waals surface area contributed by atoms with Crippen molar-refractivity contribution in [1.29, 1.82) is 0 Å². The Morgan fingerprint density at radius 2 is 1.72 bits per heavy atom. The highest BCUT2D eigenvalue weighted by Gasteiger charge is 2.57. The quantitative estimate of drug-likeness (QED) is 0.0787. The van der Waals surface area contributed by atoms with Crippen molar-refractivity contribution in [3.05, 3.63) is 93.3 Å². The van der Waals surface area contributed by atoms with Crippen molar-refractivity contribution in [2.45, 2.75) is 36.5 Å². The molecule has 0 saturated carbocycles. The lowest BCUT2D eigenvalue weighted by atomic mass is 9.85. The summed E-state index contributed by atoms with van der Waals surface area (Å²) in [4.78, 5) is 49.9. The van der Waals surface area contributed by atoms with E-state index < -0.39 is 75.2 Å². The SMILES string of the molecule is CO/N=C(\C(=O)NC1C(=O)N2C(C(=O)OC(c3ccccc3)c3ccccc3)=C(OS(=O)(=O)C(F)(F)F)CCC12)c1nc(N)sc1Cl. The minimum absolute atomic E-state index is 0.000283. The highest BCUT2D eigenvalue weighted by Crippen LogP contribution is 2.41. The molecule has 2 amide bonds. The Bertz CT molecular complexity index is 1830. The van der Waals surface area contributed by atoms with Gasteiger partial charge in [-0.1, -0.05) is 88.8 Å². The monoisotopic (exact) mass is 713 g/mol. The van der Waals surface area contributed by atoms with Gasteiger partial charge < -0.3 is 24.8 Å². The molecule has 0 spiro atoms. The minimum Gasteiger partial charge on any atom is -0.448 e. The second-order valence-corrected chi connectivity index (χ2v) is 13.1. The molecule has 2 atom stereocenters. The number of esters is 1. The number of hydrogen-bond acceptors (Lipinski definition) is 12. The molecule has 2 aliphatic rings. The molecular formula is C28H23ClF3N5O8S2. The summed E-state index contributed by atoms with van der Waals surface area (Å²) < 4.78 is 74.1. The smallest absolute Gasteiger partial charge is 0.448 e. The molecular weight excluding hydrogens is 691 g/mol. The average Bonchev–Trinajstić information content (AvgIpc) is 3.37. The molecule has 2 aliphatic heterocycles. The van der Waals surface area contributed by atoms with Crippen LogP contribution in [0.25, 0.3) is 0 Å². The predicted molar refractivity (Wildman–Crippen MR) is 161 cm³/mol. The van der Waals surface area contributed by atoms with E-state index in [1.54, 1.807) is 60.7 Å². The van der Waals surface area contributed by atoms with Gasteiger partial charge in [0.2, 0.25) is 0 Å². The standard InChI is InChI=1S/C28H23ClF3N5O8S2/c1-43-36-20(19-23(29)46-27(33)35-19)24(38)34-18-16-12-13-17(45-47(41,42)28(30,31)32)21(37(16)25(18)39)26(40)44-22(14-8-4-2-5-9-14)15-10-6-3-7-11-15/h2-11,16,18,22H,12-13H2,1H3,(H2,33,35)(H,34,38)/b36-20-. The van der Waals surface area contributed by atoms with E-state index in [2.05, 4.69) is 19.6 Å². The zero-order valence-electron chi connectivity index (χ0n) is 23.9. The van der Waals surface area contributed by atoms with Crippen LogP contribution in [0.2, 0.25) is 4.34 Å². The number of carbonyl (C=O) groups excluding carboxylic acids is 3. The van der Waals surface area contributed by atoms with Crippen molar-refractivity contribution < 1.29 is 49.7 Å². The van der Waals surface area contributed by atoms with Crippen molar-refractivity contribution in [1.82, 2.24) is 15.2 Å². The van der Waals surface area contributed by atoms with Gasteiger partial charge in [-0.3, -0.25) is 14.5 Å². The molecule has 3 aromatic rings. The van der Waals surface area contributed by atoms with Gasteiger partial charge in [-0.05, 0) is 17.5 Å². The number of carbonyl (C=O) groups is 3. The second-order valence-electron chi connectivity index (χ2n) is 9.92. The fourth-order valence-electron chi connectivity index (χ4n) is 4.98. The van der Waals surface area contributed by atoms with Gasteiger partial charge in [-0.25, -0.2) is 9.78 Å². The van der Waals surface area contributed by atoms with Crippen LogP contribution in [0.5, 0.6) is 0 Å². The average molecular weight is 714 g/mol. The summed E-state index contributed by atoms with van der Waals surface area (Å²) in [5.74, 6) is -4.24. The largest absolute Gasteiger partial charge is 0.534 e. The number of amides is 2. The summed E-state index contributed by atoms with van der Waals surface area (Å²) in [6, 6.07) is 14.3. The fraction of sp³-hybridized carbons (Fsp3) is 0.250. The number of allylic oxidation sites excluding steroid dienone is 1. The van der Waals surface area contributed by atoms with E-state index in [-0.39, 0.29) is 21.6 Å². The Balaban J connectivity index is 1.48. The van der Waals surface area contributed by atoms with Gasteiger partial charge in [0.15, 0.2) is 28.4 Å². The molecule has 1 aromatic heterocycles. The van der Waals surface area contributed by atoms with Crippen molar-refractivity contribution in [2.75, 3.05) is 12.8 Å². The molecule has 0 aliphatic carbocycles. The van der Waals surface area contributed by atoms with Gasteiger partial charge in [0.05, 0.1) is 6.04 Å². The van der Waals surface area contributed by atoms with Crippen LogP contribution in [0.1, 0.15) is 35.8 Å². The van der Waals surface area contributed by atoms with Crippen LogP contribution < -0.4 is 11.1 Å². The number of nitrogen functional groups attached to an aromatic ring is 1. The number of nitrogens with one attached hydrogen (secondary N) is 1. The molecule has 19 heteroatoms. The van der Waals surface area contributed by atoms with Gasteiger partial charge in [-0.15, -0.1) is 0 Å². The topological polar surface area (TPSA) is 180 Å². The van der Waals surface area contributed by atoms with E-state index in [9.17, 15) is 36.0 Å². The Morgan fingerprint density at radius 1 is 1.13 bits per heavy atom. The Labute approximate surface area is 273 Å². The first kappa shape index (κ1) is 33.7.